The van der Waals surface area contributed by atoms with E-state index < -0.39 is 30.8 Å². The third kappa shape index (κ3) is 4.46. The summed E-state index contributed by atoms with van der Waals surface area (Å²) in [5, 5.41) is 2.06. The Balaban J connectivity index is 4.11. The molecule has 3 nitrogen and oxygen atoms in total. The number of rotatable bonds is 5. The van der Waals surface area contributed by atoms with Crippen LogP contribution in [0.15, 0.2) is 0 Å². The second kappa shape index (κ2) is 5.29. The molecule has 7 heteroatoms. The molecule has 1 amide bonds. The van der Waals surface area contributed by atoms with Crippen molar-refractivity contribution < 1.29 is 22.4 Å². The maximum absolute atomic E-state index is 12.4. The summed E-state index contributed by atoms with van der Waals surface area (Å²) < 4.78 is 48.3. The van der Waals surface area contributed by atoms with E-state index >= 15 is 0 Å². The lowest BCUT2D eigenvalue weighted by Crippen LogP contribution is -2.48. The molecule has 15 heavy (non-hydrogen) atoms. The van der Waals surface area contributed by atoms with Gasteiger partial charge in [0.05, 0.1) is 12.6 Å². The van der Waals surface area contributed by atoms with Crippen molar-refractivity contribution in [2.75, 3.05) is 20.6 Å². The number of halogens is 4. The molecule has 0 aromatic carbocycles. The standard InChI is InChI=1S/C8H14F4N2O/c1-5(6(15)14(2)3)13-4-8(11,12)7(9)10/h5,7,13H,4H2,1-3H3. The Morgan fingerprint density at radius 3 is 2.20 bits per heavy atom. The van der Waals surface area contributed by atoms with Crippen LogP contribution in [0.4, 0.5) is 17.6 Å². The van der Waals surface area contributed by atoms with E-state index in [4.69, 9.17) is 0 Å². The van der Waals surface area contributed by atoms with Gasteiger partial charge in [0.1, 0.15) is 0 Å². The number of hydrogen-bond donors (Lipinski definition) is 1. The molecule has 0 radical (unpaired) electrons. The van der Waals surface area contributed by atoms with Gasteiger partial charge in [-0.05, 0) is 6.92 Å². The number of nitrogens with one attached hydrogen (secondary N) is 1. The first-order valence-corrected chi connectivity index (χ1v) is 4.29. The van der Waals surface area contributed by atoms with Crippen LogP contribution in [-0.4, -0.2) is 49.8 Å². The minimum atomic E-state index is -4.11. The summed E-state index contributed by atoms with van der Waals surface area (Å²) in [4.78, 5) is 12.4. The van der Waals surface area contributed by atoms with Gasteiger partial charge in [0.25, 0.3) is 0 Å². The predicted molar refractivity (Wildman–Crippen MR) is 47.1 cm³/mol. The fraction of sp³-hybridized carbons (Fsp3) is 0.875. The third-order valence-corrected chi connectivity index (χ3v) is 1.77. The Morgan fingerprint density at radius 2 is 1.87 bits per heavy atom. The highest BCUT2D eigenvalue weighted by atomic mass is 19.3. The number of carbonyl (C=O) groups excluding carboxylic acids is 1. The first-order valence-electron chi connectivity index (χ1n) is 4.29. The van der Waals surface area contributed by atoms with Crippen molar-refractivity contribution in [1.82, 2.24) is 10.2 Å². The Kier molecular flexibility index (Phi) is 4.99. The van der Waals surface area contributed by atoms with E-state index in [2.05, 4.69) is 5.32 Å². The minimum Gasteiger partial charge on any atom is -0.347 e. The maximum atomic E-state index is 12.4. The first-order chi connectivity index (χ1) is 6.68. The average molecular weight is 230 g/mol. The highest BCUT2D eigenvalue weighted by Crippen LogP contribution is 2.21. The zero-order valence-corrected chi connectivity index (χ0v) is 8.73. The molecule has 0 aliphatic heterocycles. The molecule has 1 atom stereocenters. The van der Waals surface area contributed by atoms with Crippen LogP contribution < -0.4 is 5.32 Å². The molecular formula is C8H14F4N2O. The second-order valence-electron chi connectivity index (χ2n) is 3.40. The fourth-order valence-corrected chi connectivity index (χ4v) is 0.841. The van der Waals surface area contributed by atoms with Gasteiger partial charge < -0.3 is 10.2 Å². The number of likely N-dealkylation sites (N-methyl/N-ethyl adjacent to an activating group) is 1. The molecule has 0 aliphatic carbocycles. The van der Waals surface area contributed by atoms with Crippen molar-refractivity contribution in [1.29, 1.82) is 0 Å². The monoisotopic (exact) mass is 230 g/mol. The second-order valence-corrected chi connectivity index (χ2v) is 3.40. The van der Waals surface area contributed by atoms with Crippen LogP contribution in [0.25, 0.3) is 0 Å². The van der Waals surface area contributed by atoms with Gasteiger partial charge in [-0.3, -0.25) is 4.79 Å². The highest BCUT2D eigenvalue weighted by molar-refractivity contribution is 5.80. The van der Waals surface area contributed by atoms with Gasteiger partial charge in [-0.15, -0.1) is 0 Å². The van der Waals surface area contributed by atoms with Gasteiger partial charge in [0.15, 0.2) is 0 Å². The molecule has 0 spiro atoms. The molecular weight excluding hydrogens is 216 g/mol. The van der Waals surface area contributed by atoms with Crippen LogP contribution in [0.1, 0.15) is 6.92 Å². The molecule has 0 aromatic rings. The van der Waals surface area contributed by atoms with E-state index in [0.29, 0.717) is 0 Å². The Labute approximate surface area is 85.4 Å². The normalized spacial score (nSPS) is 14.1. The Morgan fingerprint density at radius 1 is 1.40 bits per heavy atom. The van der Waals surface area contributed by atoms with Crippen LogP contribution in [0.3, 0.4) is 0 Å². The van der Waals surface area contributed by atoms with E-state index in [1.165, 1.54) is 25.9 Å². The largest absolute Gasteiger partial charge is 0.347 e. The summed E-state index contributed by atoms with van der Waals surface area (Å²) in [5.74, 6) is -4.55. The lowest BCUT2D eigenvalue weighted by molar-refractivity contribution is -0.135. The predicted octanol–water partition coefficient (Wildman–Crippen LogP) is 0.953. The van der Waals surface area contributed by atoms with Gasteiger partial charge in [0, 0.05) is 14.1 Å². The molecule has 0 rings (SSSR count). The highest BCUT2D eigenvalue weighted by Gasteiger charge is 2.40. The van der Waals surface area contributed by atoms with Crippen LogP contribution in [0, 0.1) is 0 Å². The lowest BCUT2D eigenvalue weighted by Gasteiger charge is -2.21. The van der Waals surface area contributed by atoms with E-state index in [-0.39, 0.29) is 0 Å². The summed E-state index contributed by atoms with van der Waals surface area (Å²) >= 11 is 0. The Bertz CT molecular complexity index is 221. The van der Waals surface area contributed by atoms with E-state index in [1.807, 2.05) is 0 Å². The van der Waals surface area contributed by atoms with E-state index in [0.717, 1.165) is 0 Å². The molecule has 0 saturated heterocycles. The number of carbonyl (C=O) groups is 1. The molecule has 1 unspecified atom stereocenters. The van der Waals surface area contributed by atoms with Crippen LogP contribution in [-0.2, 0) is 4.79 Å². The molecule has 0 aromatic heterocycles. The number of nitrogens with zero attached hydrogens (tertiary/aromatic N) is 1. The Hall–Kier alpha value is -0.850. The van der Waals surface area contributed by atoms with Crippen molar-refractivity contribution in [2.24, 2.45) is 0 Å². The van der Waals surface area contributed by atoms with Crippen molar-refractivity contribution in [3.05, 3.63) is 0 Å². The summed E-state index contributed by atoms with van der Waals surface area (Å²) in [6.45, 7) is 0.120. The van der Waals surface area contributed by atoms with Gasteiger partial charge in [-0.1, -0.05) is 0 Å². The smallest absolute Gasteiger partial charge is 0.319 e. The van der Waals surface area contributed by atoms with Gasteiger partial charge in [-0.25, -0.2) is 8.78 Å². The van der Waals surface area contributed by atoms with Gasteiger partial charge in [-0.2, -0.15) is 8.78 Å². The molecule has 1 N–H and O–H groups in total. The van der Waals surface area contributed by atoms with Crippen LogP contribution >= 0.6 is 0 Å². The molecule has 0 saturated carbocycles. The molecule has 0 aliphatic rings. The summed E-state index contributed by atoms with van der Waals surface area (Å²) in [7, 11) is 2.90. The quantitative estimate of drug-likeness (QED) is 0.713. The summed E-state index contributed by atoms with van der Waals surface area (Å²) in [5.41, 5.74) is 0. The number of amides is 1. The fourth-order valence-electron chi connectivity index (χ4n) is 0.841. The van der Waals surface area contributed by atoms with Crippen LogP contribution in [0.5, 0.6) is 0 Å². The summed E-state index contributed by atoms with van der Waals surface area (Å²) in [6.07, 6.45) is -3.73. The van der Waals surface area contributed by atoms with Crippen molar-refractivity contribution in [2.45, 2.75) is 25.3 Å². The zero-order chi connectivity index (χ0) is 12.2. The van der Waals surface area contributed by atoms with Crippen molar-refractivity contribution in [3.8, 4) is 0 Å². The lowest BCUT2D eigenvalue weighted by atomic mass is 10.2. The van der Waals surface area contributed by atoms with Crippen molar-refractivity contribution >= 4 is 5.91 Å². The number of alkyl halides is 4. The number of hydrogen-bond acceptors (Lipinski definition) is 2. The topological polar surface area (TPSA) is 32.3 Å². The average Bonchev–Trinajstić information content (AvgIpc) is 2.12. The molecule has 0 heterocycles. The molecule has 0 fully saturated rings. The van der Waals surface area contributed by atoms with Crippen LogP contribution in [0.2, 0.25) is 0 Å². The van der Waals surface area contributed by atoms with Crippen molar-refractivity contribution in [3.63, 3.8) is 0 Å². The molecule has 90 valence electrons. The third-order valence-electron chi connectivity index (χ3n) is 1.77. The zero-order valence-electron chi connectivity index (χ0n) is 8.73. The van der Waals surface area contributed by atoms with E-state index in [1.54, 1.807) is 0 Å². The van der Waals surface area contributed by atoms with Gasteiger partial charge >= 0.3 is 12.3 Å². The maximum Gasteiger partial charge on any atom is 0.319 e. The first kappa shape index (κ1) is 14.2. The SMILES string of the molecule is CC(NCC(F)(F)C(F)F)C(=O)N(C)C. The summed E-state index contributed by atoms with van der Waals surface area (Å²) in [6, 6.07) is -0.912. The van der Waals surface area contributed by atoms with E-state index in [9.17, 15) is 22.4 Å². The minimum absolute atomic E-state index is 0.444. The van der Waals surface area contributed by atoms with Gasteiger partial charge in [0.2, 0.25) is 5.91 Å². The molecule has 0 bridgehead atoms.